The largest absolute Gasteiger partial charge is 0.462 e. The molecule has 0 unspecified atom stereocenters. The van der Waals surface area contributed by atoms with E-state index in [1.807, 2.05) is 51.1 Å². The topological polar surface area (TPSA) is 55.4 Å². The molecule has 0 radical (unpaired) electrons. The Morgan fingerprint density at radius 2 is 1.84 bits per heavy atom. The van der Waals surface area contributed by atoms with Gasteiger partial charge in [-0.3, -0.25) is 4.79 Å². The van der Waals surface area contributed by atoms with Crippen molar-refractivity contribution >= 4 is 28.2 Å². The van der Waals surface area contributed by atoms with Crippen LogP contribution in [0.3, 0.4) is 0 Å². The van der Waals surface area contributed by atoms with Crippen LogP contribution in [0.4, 0.5) is 5.00 Å². The Balaban J connectivity index is 2.32. The highest BCUT2D eigenvalue weighted by atomic mass is 32.1. The molecule has 0 saturated carbocycles. The summed E-state index contributed by atoms with van der Waals surface area (Å²) in [5.74, 6) is -0.710. The van der Waals surface area contributed by atoms with Crippen molar-refractivity contribution in [1.82, 2.24) is 0 Å². The van der Waals surface area contributed by atoms with Crippen LogP contribution in [0, 0.1) is 6.92 Å². The molecule has 1 aromatic heterocycles. The number of esters is 1. The number of hydrogen-bond acceptors (Lipinski definition) is 4. The molecule has 134 valence electrons. The first-order valence-electron chi connectivity index (χ1n) is 8.68. The maximum atomic E-state index is 12.8. The fourth-order valence-electron chi connectivity index (χ4n) is 2.97. The summed E-state index contributed by atoms with van der Waals surface area (Å²) in [6, 6.07) is 9.71. The molecule has 0 fully saturated rings. The van der Waals surface area contributed by atoms with Gasteiger partial charge in [0.1, 0.15) is 5.00 Å². The number of hydrogen-bond donors (Lipinski definition) is 1. The predicted octanol–water partition coefficient (Wildman–Crippen LogP) is 4.93. The van der Waals surface area contributed by atoms with E-state index in [1.54, 1.807) is 6.92 Å². The standard InChI is InChI=1S/C20H25NO3S/c1-5-15-13(4)25-19(17(15)20(23)24-7-3)21-18(22)16(6-2)14-11-9-8-10-12-14/h8-12,16H,5-7H2,1-4H3,(H,21,22)/t16-/m1/s1. The summed E-state index contributed by atoms with van der Waals surface area (Å²) in [5.41, 5.74) is 2.43. The van der Waals surface area contributed by atoms with Crippen molar-refractivity contribution in [1.29, 1.82) is 0 Å². The molecule has 1 amide bonds. The predicted molar refractivity (Wildman–Crippen MR) is 102 cm³/mol. The molecule has 2 aromatic rings. The number of carbonyl (C=O) groups excluding carboxylic acids is 2. The highest BCUT2D eigenvalue weighted by Crippen LogP contribution is 2.35. The zero-order chi connectivity index (χ0) is 18.4. The van der Waals surface area contributed by atoms with E-state index in [-0.39, 0.29) is 17.8 Å². The number of aryl methyl sites for hydroxylation is 1. The molecule has 4 nitrogen and oxygen atoms in total. The molecule has 1 N–H and O–H groups in total. The summed E-state index contributed by atoms with van der Waals surface area (Å²) in [7, 11) is 0. The highest BCUT2D eigenvalue weighted by Gasteiger charge is 2.26. The summed E-state index contributed by atoms with van der Waals surface area (Å²) in [6.45, 7) is 8.05. The number of anilines is 1. The third-order valence-corrected chi connectivity index (χ3v) is 5.27. The van der Waals surface area contributed by atoms with Crippen LogP contribution < -0.4 is 5.32 Å². The molecule has 5 heteroatoms. The number of amides is 1. The van der Waals surface area contributed by atoms with Gasteiger partial charge in [0.2, 0.25) is 5.91 Å². The number of thiophene rings is 1. The minimum Gasteiger partial charge on any atom is -0.462 e. The van der Waals surface area contributed by atoms with Crippen molar-refractivity contribution < 1.29 is 14.3 Å². The Morgan fingerprint density at radius 3 is 2.40 bits per heavy atom. The summed E-state index contributed by atoms with van der Waals surface area (Å²) < 4.78 is 5.19. The fraction of sp³-hybridized carbons (Fsp3) is 0.400. The van der Waals surface area contributed by atoms with Gasteiger partial charge in [-0.15, -0.1) is 11.3 Å². The Labute approximate surface area is 153 Å². The molecule has 0 aliphatic rings. The minimum absolute atomic E-state index is 0.0943. The molecule has 2 rings (SSSR count). The lowest BCUT2D eigenvalue weighted by Gasteiger charge is -2.15. The average Bonchev–Trinajstić information content (AvgIpc) is 2.91. The lowest BCUT2D eigenvalue weighted by Crippen LogP contribution is -2.21. The number of benzene rings is 1. The Hall–Kier alpha value is -2.14. The number of nitrogens with one attached hydrogen (secondary N) is 1. The first-order chi connectivity index (χ1) is 12.0. The fourth-order valence-corrected chi connectivity index (χ4v) is 4.10. The number of rotatable bonds is 7. The molecule has 1 atom stereocenters. The molecular weight excluding hydrogens is 334 g/mol. The van der Waals surface area contributed by atoms with Crippen LogP contribution in [0.1, 0.15) is 59.5 Å². The van der Waals surface area contributed by atoms with Gasteiger partial charge >= 0.3 is 5.97 Å². The Bertz CT molecular complexity index is 737. The van der Waals surface area contributed by atoms with Gasteiger partial charge in [0.15, 0.2) is 0 Å². The van der Waals surface area contributed by atoms with E-state index in [4.69, 9.17) is 4.74 Å². The summed E-state index contributed by atoms with van der Waals surface area (Å²) >= 11 is 1.44. The van der Waals surface area contributed by atoms with E-state index in [2.05, 4.69) is 5.32 Å². The van der Waals surface area contributed by atoms with E-state index >= 15 is 0 Å². The van der Waals surface area contributed by atoms with E-state index in [1.165, 1.54) is 11.3 Å². The van der Waals surface area contributed by atoms with Gasteiger partial charge in [-0.05, 0) is 37.8 Å². The SMILES string of the molecule is CCOC(=O)c1c(NC(=O)[C@H](CC)c2ccccc2)sc(C)c1CC. The molecule has 0 spiro atoms. The van der Waals surface area contributed by atoms with Gasteiger partial charge in [0.05, 0.1) is 18.1 Å². The smallest absolute Gasteiger partial charge is 0.341 e. The molecule has 1 heterocycles. The molecule has 0 aliphatic carbocycles. The van der Waals surface area contributed by atoms with Gasteiger partial charge < -0.3 is 10.1 Å². The van der Waals surface area contributed by atoms with E-state index in [0.29, 0.717) is 23.6 Å². The summed E-state index contributed by atoms with van der Waals surface area (Å²) in [5, 5.41) is 3.56. The molecule has 25 heavy (non-hydrogen) atoms. The second-order valence-electron chi connectivity index (χ2n) is 5.78. The van der Waals surface area contributed by atoms with Gasteiger partial charge in [-0.1, -0.05) is 44.2 Å². The normalized spacial score (nSPS) is 11.8. The summed E-state index contributed by atoms with van der Waals surface area (Å²) in [6.07, 6.45) is 1.41. The van der Waals surface area contributed by atoms with Gasteiger partial charge in [0.25, 0.3) is 0 Å². The van der Waals surface area contributed by atoms with Crippen molar-refractivity contribution in [2.24, 2.45) is 0 Å². The highest BCUT2D eigenvalue weighted by molar-refractivity contribution is 7.16. The van der Waals surface area contributed by atoms with E-state index in [0.717, 1.165) is 22.4 Å². The Kier molecular flexibility index (Phi) is 6.76. The van der Waals surface area contributed by atoms with Gasteiger partial charge in [-0.2, -0.15) is 0 Å². The molecule has 0 aliphatic heterocycles. The maximum absolute atomic E-state index is 12.8. The number of carbonyl (C=O) groups is 2. The van der Waals surface area contributed by atoms with Crippen molar-refractivity contribution in [3.63, 3.8) is 0 Å². The molecule has 0 saturated heterocycles. The first kappa shape index (κ1) is 19.2. The van der Waals surface area contributed by atoms with Crippen molar-refractivity contribution in [2.45, 2.75) is 46.5 Å². The lowest BCUT2D eigenvalue weighted by molar-refractivity contribution is -0.117. The van der Waals surface area contributed by atoms with Crippen molar-refractivity contribution in [3.8, 4) is 0 Å². The Morgan fingerprint density at radius 1 is 1.16 bits per heavy atom. The quantitative estimate of drug-likeness (QED) is 0.713. The van der Waals surface area contributed by atoms with Crippen LogP contribution in [-0.4, -0.2) is 18.5 Å². The van der Waals surface area contributed by atoms with Gasteiger partial charge in [-0.25, -0.2) is 4.79 Å². The maximum Gasteiger partial charge on any atom is 0.341 e. The van der Waals surface area contributed by atoms with E-state index in [9.17, 15) is 9.59 Å². The third kappa shape index (κ3) is 4.28. The third-order valence-electron chi connectivity index (χ3n) is 4.21. The van der Waals surface area contributed by atoms with Crippen LogP contribution in [0.25, 0.3) is 0 Å². The van der Waals surface area contributed by atoms with Crippen LogP contribution in [0.15, 0.2) is 30.3 Å². The van der Waals surface area contributed by atoms with Crippen LogP contribution >= 0.6 is 11.3 Å². The van der Waals surface area contributed by atoms with Crippen LogP contribution in [0.5, 0.6) is 0 Å². The zero-order valence-corrected chi connectivity index (χ0v) is 16.0. The monoisotopic (exact) mass is 359 g/mol. The molecule has 1 aromatic carbocycles. The van der Waals surface area contributed by atoms with Crippen molar-refractivity contribution in [2.75, 3.05) is 11.9 Å². The van der Waals surface area contributed by atoms with Crippen LogP contribution in [0.2, 0.25) is 0 Å². The second-order valence-corrected chi connectivity index (χ2v) is 7.00. The average molecular weight is 359 g/mol. The summed E-state index contributed by atoms with van der Waals surface area (Å²) in [4.78, 5) is 26.2. The number of ether oxygens (including phenoxy) is 1. The van der Waals surface area contributed by atoms with Crippen molar-refractivity contribution in [3.05, 3.63) is 51.9 Å². The van der Waals surface area contributed by atoms with Gasteiger partial charge in [0, 0.05) is 4.88 Å². The van der Waals surface area contributed by atoms with E-state index < -0.39 is 0 Å². The minimum atomic E-state index is -0.369. The molecular formula is C20H25NO3S. The first-order valence-corrected chi connectivity index (χ1v) is 9.50. The molecule has 0 bridgehead atoms. The zero-order valence-electron chi connectivity index (χ0n) is 15.2. The second kappa shape index (κ2) is 8.81. The van der Waals surface area contributed by atoms with Crippen LogP contribution in [-0.2, 0) is 16.0 Å². The lowest BCUT2D eigenvalue weighted by atomic mass is 9.95.